The molecule has 0 saturated carbocycles. The zero-order valence-electron chi connectivity index (χ0n) is 12.2. The molecule has 1 aliphatic rings. The molecule has 2 rings (SSSR count). The van der Waals surface area contributed by atoms with Gasteiger partial charge in [-0.1, -0.05) is 11.6 Å². The summed E-state index contributed by atoms with van der Waals surface area (Å²) >= 11 is 9.63. The number of piperidine rings is 1. The molecule has 0 amide bonds. The molecular formula is C15H22BrClN2O. The fourth-order valence-corrected chi connectivity index (χ4v) is 3.74. The van der Waals surface area contributed by atoms with Crippen LogP contribution in [0.4, 0.5) is 5.69 Å². The van der Waals surface area contributed by atoms with Gasteiger partial charge in [0, 0.05) is 11.1 Å². The molecule has 1 atom stereocenters. The minimum atomic E-state index is 0.406. The maximum absolute atomic E-state index is 6.14. The molecule has 20 heavy (non-hydrogen) atoms. The van der Waals surface area contributed by atoms with E-state index in [2.05, 4.69) is 40.1 Å². The summed E-state index contributed by atoms with van der Waals surface area (Å²) in [6.07, 6.45) is 2.46. The smallest absolute Gasteiger partial charge is 0.156 e. The Morgan fingerprint density at radius 2 is 2.05 bits per heavy atom. The molecular weight excluding hydrogens is 340 g/mol. The van der Waals surface area contributed by atoms with E-state index < -0.39 is 0 Å². The van der Waals surface area contributed by atoms with Crippen LogP contribution in [0.25, 0.3) is 0 Å². The van der Waals surface area contributed by atoms with Crippen LogP contribution in [0.5, 0.6) is 5.75 Å². The molecule has 1 aliphatic heterocycles. The Balaban J connectivity index is 2.09. The van der Waals surface area contributed by atoms with Crippen molar-refractivity contribution in [3.05, 3.63) is 21.6 Å². The van der Waals surface area contributed by atoms with Gasteiger partial charge in [0.05, 0.1) is 17.3 Å². The average molecular weight is 362 g/mol. The van der Waals surface area contributed by atoms with E-state index in [9.17, 15) is 0 Å². The molecule has 5 heteroatoms. The molecule has 112 valence electrons. The van der Waals surface area contributed by atoms with Crippen LogP contribution in [0.2, 0.25) is 5.02 Å². The van der Waals surface area contributed by atoms with Crippen molar-refractivity contribution in [2.45, 2.75) is 25.8 Å². The summed E-state index contributed by atoms with van der Waals surface area (Å²) in [5, 5.41) is 4.27. The van der Waals surface area contributed by atoms with Gasteiger partial charge in [0.1, 0.15) is 0 Å². The number of nitrogens with one attached hydrogen (secondary N) is 1. The fraction of sp³-hybridized carbons (Fsp3) is 0.600. The largest absolute Gasteiger partial charge is 0.493 e. The molecule has 1 aromatic rings. The first-order chi connectivity index (χ1) is 9.51. The van der Waals surface area contributed by atoms with E-state index in [0.29, 0.717) is 17.0 Å². The number of hydrogen-bond donors (Lipinski definition) is 1. The minimum Gasteiger partial charge on any atom is -0.493 e. The fourth-order valence-electron chi connectivity index (χ4n) is 2.77. The Morgan fingerprint density at radius 1 is 1.40 bits per heavy atom. The van der Waals surface area contributed by atoms with Gasteiger partial charge < -0.3 is 15.0 Å². The third kappa shape index (κ3) is 3.80. The molecule has 1 unspecified atom stereocenters. The average Bonchev–Trinajstić information content (AvgIpc) is 2.39. The van der Waals surface area contributed by atoms with Crippen LogP contribution >= 0.6 is 27.5 Å². The quantitative estimate of drug-likeness (QED) is 0.867. The van der Waals surface area contributed by atoms with Crippen LogP contribution in [0.3, 0.4) is 0 Å². The second-order valence-electron chi connectivity index (χ2n) is 5.54. The normalized spacial score (nSPS) is 18.9. The van der Waals surface area contributed by atoms with E-state index in [1.54, 1.807) is 7.11 Å². The predicted octanol–water partition coefficient (Wildman–Crippen LogP) is 4.25. The number of methoxy groups -OCH3 is 1. The van der Waals surface area contributed by atoms with Crippen molar-refractivity contribution >= 4 is 33.2 Å². The van der Waals surface area contributed by atoms with E-state index in [4.69, 9.17) is 16.3 Å². The van der Waals surface area contributed by atoms with Gasteiger partial charge in [-0.05, 0) is 73.9 Å². The van der Waals surface area contributed by atoms with Crippen LogP contribution in [0.15, 0.2) is 16.6 Å². The minimum absolute atomic E-state index is 0.406. The lowest BCUT2D eigenvalue weighted by atomic mass is 9.90. The summed E-state index contributed by atoms with van der Waals surface area (Å²) in [4.78, 5) is 2.39. The monoisotopic (exact) mass is 360 g/mol. The number of halogens is 2. The first-order valence-electron chi connectivity index (χ1n) is 6.99. The molecule has 3 nitrogen and oxygen atoms in total. The number of anilines is 1. The highest BCUT2D eigenvalue weighted by Crippen LogP contribution is 2.37. The van der Waals surface area contributed by atoms with Gasteiger partial charge in [-0.2, -0.15) is 0 Å². The first kappa shape index (κ1) is 15.9. The van der Waals surface area contributed by atoms with E-state index in [1.807, 2.05) is 12.1 Å². The van der Waals surface area contributed by atoms with Gasteiger partial charge >= 0.3 is 0 Å². The first-order valence-corrected chi connectivity index (χ1v) is 8.16. The molecule has 1 N–H and O–H groups in total. The number of nitrogens with zero attached hydrogens (tertiary/aromatic N) is 1. The van der Waals surface area contributed by atoms with Gasteiger partial charge in [0.25, 0.3) is 0 Å². The maximum atomic E-state index is 6.14. The maximum Gasteiger partial charge on any atom is 0.156 e. The lowest BCUT2D eigenvalue weighted by Gasteiger charge is -2.33. The molecule has 1 saturated heterocycles. The highest BCUT2D eigenvalue weighted by atomic mass is 79.9. The second kappa shape index (κ2) is 7.01. The van der Waals surface area contributed by atoms with Crippen molar-refractivity contribution in [2.24, 2.45) is 5.92 Å². The number of likely N-dealkylation sites (tertiary alicyclic amines) is 1. The highest BCUT2D eigenvalue weighted by molar-refractivity contribution is 9.10. The van der Waals surface area contributed by atoms with Crippen LogP contribution in [0.1, 0.15) is 19.8 Å². The Morgan fingerprint density at radius 3 is 2.65 bits per heavy atom. The SMILES string of the molecule is COc1c(Br)cc(Cl)cc1NC(C)C1CCN(C)CC1. The summed E-state index contributed by atoms with van der Waals surface area (Å²) in [7, 11) is 3.87. The van der Waals surface area contributed by atoms with Crippen molar-refractivity contribution in [2.75, 3.05) is 32.6 Å². The molecule has 1 aromatic carbocycles. The van der Waals surface area contributed by atoms with Crippen LogP contribution in [0, 0.1) is 5.92 Å². The molecule has 0 spiro atoms. The van der Waals surface area contributed by atoms with Gasteiger partial charge in [0.15, 0.2) is 5.75 Å². The third-order valence-electron chi connectivity index (χ3n) is 4.07. The van der Waals surface area contributed by atoms with E-state index in [-0.39, 0.29) is 0 Å². The molecule has 0 aromatic heterocycles. The second-order valence-corrected chi connectivity index (χ2v) is 6.83. The Kier molecular flexibility index (Phi) is 5.58. The van der Waals surface area contributed by atoms with Crippen molar-refractivity contribution in [1.29, 1.82) is 0 Å². The predicted molar refractivity (Wildman–Crippen MR) is 89.0 cm³/mol. The summed E-state index contributed by atoms with van der Waals surface area (Å²) < 4.78 is 6.34. The number of ether oxygens (including phenoxy) is 1. The summed E-state index contributed by atoms with van der Waals surface area (Å²) in [6, 6.07) is 4.19. The molecule has 1 heterocycles. The third-order valence-corrected chi connectivity index (χ3v) is 4.87. The number of rotatable bonds is 4. The molecule has 0 bridgehead atoms. The summed E-state index contributed by atoms with van der Waals surface area (Å²) in [6.45, 7) is 4.59. The van der Waals surface area contributed by atoms with Gasteiger partial charge in [-0.3, -0.25) is 0 Å². The molecule has 1 fully saturated rings. The van der Waals surface area contributed by atoms with Crippen LogP contribution in [-0.4, -0.2) is 38.2 Å². The van der Waals surface area contributed by atoms with E-state index >= 15 is 0 Å². The topological polar surface area (TPSA) is 24.5 Å². The summed E-state index contributed by atoms with van der Waals surface area (Å²) in [5.41, 5.74) is 0.957. The van der Waals surface area contributed by atoms with Crippen LogP contribution in [-0.2, 0) is 0 Å². The lowest BCUT2D eigenvalue weighted by molar-refractivity contribution is 0.208. The standard InChI is InChI=1S/C15H22BrClN2O/c1-10(11-4-6-19(2)7-5-11)18-14-9-12(17)8-13(16)15(14)20-3/h8-11,18H,4-7H2,1-3H3. The molecule has 0 radical (unpaired) electrons. The van der Waals surface area contributed by atoms with Crippen LogP contribution < -0.4 is 10.1 Å². The molecule has 0 aliphatic carbocycles. The lowest BCUT2D eigenvalue weighted by Crippen LogP contribution is -2.37. The van der Waals surface area contributed by atoms with Gasteiger partial charge in [0.2, 0.25) is 0 Å². The van der Waals surface area contributed by atoms with E-state index in [1.165, 1.54) is 25.9 Å². The Hall–Kier alpha value is -0.450. The van der Waals surface area contributed by atoms with E-state index in [0.717, 1.165) is 15.9 Å². The number of hydrogen-bond acceptors (Lipinski definition) is 3. The zero-order valence-corrected chi connectivity index (χ0v) is 14.6. The van der Waals surface area contributed by atoms with Gasteiger partial charge in [-0.15, -0.1) is 0 Å². The van der Waals surface area contributed by atoms with Crippen molar-refractivity contribution < 1.29 is 4.74 Å². The van der Waals surface area contributed by atoms with Crippen molar-refractivity contribution in [1.82, 2.24) is 4.90 Å². The van der Waals surface area contributed by atoms with Crippen molar-refractivity contribution in [3.8, 4) is 5.75 Å². The van der Waals surface area contributed by atoms with Gasteiger partial charge in [-0.25, -0.2) is 0 Å². The Labute approximate surface area is 134 Å². The number of benzene rings is 1. The summed E-state index contributed by atoms with van der Waals surface area (Å²) in [5.74, 6) is 1.50. The Bertz CT molecular complexity index is 461. The highest BCUT2D eigenvalue weighted by Gasteiger charge is 2.23. The van der Waals surface area contributed by atoms with Crippen molar-refractivity contribution in [3.63, 3.8) is 0 Å². The zero-order chi connectivity index (χ0) is 14.7.